The molecule has 0 aliphatic carbocycles. The summed E-state index contributed by atoms with van der Waals surface area (Å²) in [4.78, 5) is 4.78. The van der Waals surface area contributed by atoms with Crippen LogP contribution < -0.4 is 9.64 Å². The van der Waals surface area contributed by atoms with Crippen molar-refractivity contribution in [1.29, 1.82) is 0 Å². The molecule has 0 amide bonds. The van der Waals surface area contributed by atoms with Crippen LogP contribution in [0.5, 0.6) is 5.75 Å². The quantitative estimate of drug-likeness (QED) is 0.667. The molecule has 0 N–H and O–H groups in total. The smallest absolute Gasteiger partial charge is 0.165 e. The standard InChI is InChI=1S/C20H24N6O/c1-27-19-10-6-5-9-18(19)25-13-11-24(12-14-25)16-20-21-22-23-26(20)15-17-7-3-2-4-8-17/h2-10H,11-16H2,1H3. The van der Waals surface area contributed by atoms with Crippen molar-refractivity contribution in [3.8, 4) is 5.75 Å². The SMILES string of the molecule is COc1ccccc1N1CCN(Cc2nnnn2Cc2ccccc2)CC1. The Hall–Kier alpha value is -2.93. The molecule has 0 bridgehead atoms. The lowest BCUT2D eigenvalue weighted by Crippen LogP contribution is -2.46. The molecule has 2 heterocycles. The number of hydrogen-bond donors (Lipinski definition) is 0. The number of benzene rings is 2. The maximum absolute atomic E-state index is 5.50. The molecule has 0 unspecified atom stereocenters. The van der Waals surface area contributed by atoms with E-state index in [9.17, 15) is 0 Å². The van der Waals surface area contributed by atoms with Crippen molar-refractivity contribution in [3.63, 3.8) is 0 Å². The second kappa shape index (κ2) is 8.18. The van der Waals surface area contributed by atoms with Crippen LogP contribution in [0.1, 0.15) is 11.4 Å². The van der Waals surface area contributed by atoms with Gasteiger partial charge in [0.2, 0.25) is 0 Å². The number of piperazine rings is 1. The highest BCUT2D eigenvalue weighted by Crippen LogP contribution is 2.28. The van der Waals surface area contributed by atoms with Crippen LogP contribution in [0.25, 0.3) is 0 Å². The zero-order valence-corrected chi connectivity index (χ0v) is 15.5. The Morgan fingerprint density at radius 2 is 1.63 bits per heavy atom. The average molecular weight is 364 g/mol. The lowest BCUT2D eigenvalue weighted by Gasteiger charge is -2.36. The largest absolute Gasteiger partial charge is 0.495 e. The Labute approximate surface area is 159 Å². The highest BCUT2D eigenvalue weighted by Gasteiger charge is 2.21. The molecule has 140 valence electrons. The first kappa shape index (κ1) is 17.5. The van der Waals surface area contributed by atoms with Gasteiger partial charge in [-0.3, -0.25) is 4.90 Å². The molecule has 27 heavy (non-hydrogen) atoms. The van der Waals surface area contributed by atoms with Gasteiger partial charge in [0.05, 0.1) is 25.9 Å². The number of anilines is 1. The maximum Gasteiger partial charge on any atom is 0.165 e. The summed E-state index contributed by atoms with van der Waals surface area (Å²) >= 11 is 0. The molecule has 0 saturated carbocycles. The van der Waals surface area contributed by atoms with Crippen LogP contribution in [0.15, 0.2) is 54.6 Å². The maximum atomic E-state index is 5.50. The monoisotopic (exact) mass is 364 g/mol. The van der Waals surface area contributed by atoms with Gasteiger partial charge in [-0.15, -0.1) is 5.10 Å². The number of hydrogen-bond acceptors (Lipinski definition) is 6. The zero-order chi connectivity index (χ0) is 18.5. The number of methoxy groups -OCH3 is 1. The lowest BCUT2D eigenvalue weighted by atomic mass is 10.2. The van der Waals surface area contributed by atoms with Gasteiger partial charge in [0, 0.05) is 26.2 Å². The van der Waals surface area contributed by atoms with Crippen LogP contribution in [-0.4, -0.2) is 58.4 Å². The van der Waals surface area contributed by atoms with Crippen molar-refractivity contribution in [3.05, 3.63) is 66.0 Å². The fraction of sp³-hybridized carbons (Fsp3) is 0.350. The molecule has 0 atom stereocenters. The molecule has 1 fully saturated rings. The fourth-order valence-electron chi connectivity index (χ4n) is 3.45. The van der Waals surface area contributed by atoms with E-state index in [1.807, 2.05) is 35.0 Å². The van der Waals surface area contributed by atoms with E-state index in [-0.39, 0.29) is 0 Å². The summed E-state index contributed by atoms with van der Waals surface area (Å²) in [5, 5.41) is 12.3. The van der Waals surface area contributed by atoms with Crippen molar-refractivity contribution in [2.75, 3.05) is 38.2 Å². The van der Waals surface area contributed by atoms with E-state index in [4.69, 9.17) is 4.74 Å². The third-order valence-electron chi connectivity index (χ3n) is 4.94. The Morgan fingerprint density at radius 1 is 0.889 bits per heavy atom. The van der Waals surface area contributed by atoms with E-state index in [1.54, 1.807) is 7.11 Å². The van der Waals surface area contributed by atoms with Crippen molar-refractivity contribution in [1.82, 2.24) is 25.1 Å². The van der Waals surface area contributed by atoms with E-state index in [0.29, 0.717) is 6.54 Å². The highest BCUT2D eigenvalue weighted by atomic mass is 16.5. The Bertz CT molecular complexity index is 858. The molecule has 4 rings (SSSR count). The van der Waals surface area contributed by atoms with Gasteiger partial charge in [0.25, 0.3) is 0 Å². The predicted molar refractivity (Wildman–Crippen MR) is 104 cm³/mol. The van der Waals surface area contributed by atoms with Gasteiger partial charge in [-0.2, -0.15) is 0 Å². The summed E-state index contributed by atoms with van der Waals surface area (Å²) in [5.41, 5.74) is 2.36. The van der Waals surface area contributed by atoms with Crippen LogP contribution in [0.2, 0.25) is 0 Å². The van der Waals surface area contributed by atoms with Crippen molar-refractivity contribution in [2.45, 2.75) is 13.1 Å². The van der Waals surface area contributed by atoms with Gasteiger partial charge >= 0.3 is 0 Å². The minimum atomic E-state index is 0.699. The molecule has 1 aliphatic heterocycles. The molecule has 1 saturated heterocycles. The second-order valence-corrected chi connectivity index (χ2v) is 6.67. The predicted octanol–water partition coefficient (Wildman–Crippen LogP) is 2.05. The van der Waals surface area contributed by atoms with Gasteiger partial charge in [-0.1, -0.05) is 42.5 Å². The second-order valence-electron chi connectivity index (χ2n) is 6.67. The minimum Gasteiger partial charge on any atom is -0.495 e. The van der Waals surface area contributed by atoms with Gasteiger partial charge in [0.15, 0.2) is 5.82 Å². The number of tetrazole rings is 1. The summed E-state index contributed by atoms with van der Waals surface area (Å²) in [6, 6.07) is 18.5. The lowest BCUT2D eigenvalue weighted by molar-refractivity contribution is 0.239. The van der Waals surface area contributed by atoms with Crippen LogP contribution in [0.4, 0.5) is 5.69 Å². The highest BCUT2D eigenvalue weighted by molar-refractivity contribution is 5.58. The number of ether oxygens (including phenoxy) is 1. The summed E-state index contributed by atoms with van der Waals surface area (Å²) in [6.07, 6.45) is 0. The van der Waals surface area contributed by atoms with Gasteiger partial charge in [-0.25, -0.2) is 4.68 Å². The summed E-state index contributed by atoms with van der Waals surface area (Å²) < 4.78 is 7.39. The molecule has 0 spiro atoms. The molecule has 7 nitrogen and oxygen atoms in total. The minimum absolute atomic E-state index is 0.699. The molecule has 1 aromatic heterocycles. The number of para-hydroxylation sites is 2. The van der Waals surface area contributed by atoms with E-state index < -0.39 is 0 Å². The van der Waals surface area contributed by atoms with Gasteiger partial charge in [-0.05, 0) is 28.1 Å². The topological polar surface area (TPSA) is 59.3 Å². The van der Waals surface area contributed by atoms with E-state index in [2.05, 4.69) is 49.6 Å². The van der Waals surface area contributed by atoms with Crippen LogP contribution in [0, 0.1) is 0 Å². The average Bonchev–Trinajstić information content (AvgIpc) is 3.16. The zero-order valence-electron chi connectivity index (χ0n) is 15.5. The normalized spacial score (nSPS) is 15.1. The fourth-order valence-corrected chi connectivity index (χ4v) is 3.45. The Kier molecular flexibility index (Phi) is 5.29. The van der Waals surface area contributed by atoms with E-state index in [1.165, 1.54) is 5.56 Å². The molecule has 2 aromatic carbocycles. The number of nitrogens with zero attached hydrogens (tertiary/aromatic N) is 6. The first-order valence-corrected chi connectivity index (χ1v) is 9.23. The molecular weight excluding hydrogens is 340 g/mol. The Morgan fingerprint density at radius 3 is 2.41 bits per heavy atom. The first-order valence-electron chi connectivity index (χ1n) is 9.23. The van der Waals surface area contributed by atoms with E-state index >= 15 is 0 Å². The first-order chi connectivity index (χ1) is 13.3. The van der Waals surface area contributed by atoms with Crippen LogP contribution in [0.3, 0.4) is 0 Å². The molecule has 7 heteroatoms. The van der Waals surface area contributed by atoms with E-state index in [0.717, 1.165) is 50.0 Å². The Balaban J connectivity index is 1.37. The molecular formula is C20H24N6O. The van der Waals surface area contributed by atoms with Crippen molar-refractivity contribution < 1.29 is 4.74 Å². The van der Waals surface area contributed by atoms with Gasteiger partial charge in [0.1, 0.15) is 5.75 Å². The molecule has 3 aromatic rings. The third-order valence-corrected chi connectivity index (χ3v) is 4.94. The molecule has 1 aliphatic rings. The molecule has 0 radical (unpaired) electrons. The van der Waals surface area contributed by atoms with Crippen LogP contribution >= 0.6 is 0 Å². The number of aromatic nitrogens is 4. The van der Waals surface area contributed by atoms with Crippen molar-refractivity contribution >= 4 is 5.69 Å². The van der Waals surface area contributed by atoms with Crippen molar-refractivity contribution in [2.24, 2.45) is 0 Å². The summed E-state index contributed by atoms with van der Waals surface area (Å²) in [6.45, 7) is 5.32. The third kappa shape index (κ3) is 4.09. The number of rotatable bonds is 6. The summed E-state index contributed by atoms with van der Waals surface area (Å²) in [7, 11) is 1.72. The van der Waals surface area contributed by atoms with Gasteiger partial charge < -0.3 is 9.64 Å². The van der Waals surface area contributed by atoms with Crippen LogP contribution in [-0.2, 0) is 13.1 Å². The summed E-state index contributed by atoms with van der Waals surface area (Å²) in [5.74, 6) is 1.84.